The van der Waals surface area contributed by atoms with Gasteiger partial charge < -0.3 is 5.32 Å². The number of pyridine rings is 1. The van der Waals surface area contributed by atoms with Gasteiger partial charge in [-0.2, -0.15) is 0 Å². The second-order valence-electron chi connectivity index (χ2n) is 4.42. The zero-order valence-corrected chi connectivity index (χ0v) is 10.9. The number of rotatable bonds is 5. The minimum atomic E-state index is -0.411. The molecule has 2 rings (SSSR count). The van der Waals surface area contributed by atoms with Gasteiger partial charge >= 0.3 is 0 Å². The highest BCUT2D eigenvalue weighted by Crippen LogP contribution is 2.19. The Labute approximate surface area is 115 Å². The van der Waals surface area contributed by atoms with E-state index in [1.54, 1.807) is 24.4 Å². The Morgan fingerprint density at radius 3 is 2.85 bits per heavy atom. The molecule has 0 bridgehead atoms. The summed E-state index contributed by atoms with van der Waals surface area (Å²) >= 11 is 0. The quantitative estimate of drug-likeness (QED) is 0.672. The number of hydrogen-bond donors (Lipinski definition) is 1. The maximum atomic E-state index is 13.1. The summed E-state index contributed by atoms with van der Waals surface area (Å²) in [5.41, 5.74) is 1.36. The summed E-state index contributed by atoms with van der Waals surface area (Å²) in [5.74, 6) is -0.401. The van der Waals surface area contributed by atoms with Gasteiger partial charge in [-0.25, -0.2) is 4.39 Å². The monoisotopic (exact) mass is 275 g/mol. The maximum Gasteiger partial charge on any atom is 0.273 e. The molecule has 6 heteroatoms. The first-order valence-corrected chi connectivity index (χ1v) is 6.14. The molecule has 0 aliphatic heterocycles. The molecular formula is C14H14FN3O2. The minimum absolute atomic E-state index is 0.0737. The van der Waals surface area contributed by atoms with Gasteiger partial charge in [0.1, 0.15) is 5.82 Å². The first-order chi connectivity index (χ1) is 9.58. The molecule has 0 radical (unpaired) electrons. The van der Waals surface area contributed by atoms with Crippen LogP contribution in [0.5, 0.6) is 0 Å². The van der Waals surface area contributed by atoms with Crippen LogP contribution in [-0.4, -0.2) is 9.91 Å². The highest BCUT2D eigenvalue weighted by Gasteiger charge is 2.13. The number of nitro groups is 1. The van der Waals surface area contributed by atoms with Crippen molar-refractivity contribution in [1.29, 1.82) is 0 Å². The molecular weight excluding hydrogens is 261 g/mol. The lowest BCUT2D eigenvalue weighted by Crippen LogP contribution is -2.19. The highest BCUT2D eigenvalue weighted by atomic mass is 19.1. The highest BCUT2D eigenvalue weighted by molar-refractivity contribution is 5.39. The Morgan fingerprint density at radius 2 is 2.15 bits per heavy atom. The van der Waals surface area contributed by atoms with Crippen LogP contribution in [0, 0.1) is 15.9 Å². The van der Waals surface area contributed by atoms with Crippen LogP contribution in [0.4, 0.5) is 10.1 Å². The molecule has 1 aromatic heterocycles. The third-order valence-electron chi connectivity index (χ3n) is 3.01. The summed E-state index contributed by atoms with van der Waals surface area (Å²) in [6.07, 6.45) is 2.71. The Morgan fingerprint density at radius 1 is 1.40 bits per heavy atom. The van der Waals surface area contributed by atoms with Crippen LogP contribution in [0.1, 0.15) is 24.1 Å². The minimum Gasteiger partial charge on any atom is -0.306 e. The molecule has 0 fully saturated rings. The third-order valence-corrected chi connectivity index (χ3v) is 3.01. The molecule has 0 amide bonds. The van der Waals surface area contributed by atoms with E-state index in [2.05, 4.69) is 10.3 Å². The molecule has 0 aliphatic carbocycles. The summed E-state index contributed by atoms with van der Waals surface area (Å²) in [4.78, 5) is 14.3. The van der Waals surface area contributed by atoms with Crippen LogP contribution in [0.25, 0.3) is 0 Å². The van der Waals surface area contributed by atoms with Gasteiger partial charge in [-0.3, -0.25) is 15.1 Å². The smallest absolute Gasteiger partial charge is 0.273 e. The van der Waals surface area contributed by atoms with Crippen molar-refractivity contribution in [2.75, 3.05) is 0 Å². The van der Waals surface area contributed by atoms with Crippen LogP contribution in [0.3, 0.4) is 0 Å². The first-order valence-electron chi connectivity index (χ1n) is 6.14. The van der Waals surface area contributed by atoms with Gasteiger partial charge in [0.15, 0.2) is 0 Å². The van der Waals surface area contributed by atoms with Gasteiger partial charge in [-0.05, 0) is 18.6 Å². The molecule has 5 nitrogen and oxygen atoms in total. The van der Waals surface area contributed by atoms with Gasteiger partial charge in [-0.15, -0.1) is 0 Å². The number of nitrogens with zero attached hydrogens (tertiary/aromatic N) is 2. The largest absolute Gasteiger partial charge is 0.306 e. The van der Waals surface area contributed by atoms with E-state index in [1.807, 2.05) is 6.92 Å². The van der Waals surface area contributed by atoms with E-state index in [4.69, 9.17) is 0 Å². The summed E-state index contributed by atoms with van der Waals surface area (Å²) in [7, 11) is 0. The SMILES string of the molecule is CC(NCc1ccccc1[N+](=O)[O-])c1cncc(F)c1. The lowest BCUT2D eigenvalue weighted by Gasteiger charge is -2.14. The number of para-hydroxylation sites is 1. The average molecular weight is 275 g/mol. The number of halogens is 1. The number of benzene rings is 1. The van der Waals surface area contributed by atoms with Gasteiger partial charge in [0.2, 0.25) is 0 Å². The average Bonchev–Trinajstić information content (AvgIpc) is 2.45. The molecule has 1 unspecified atom stereocenters. The molecule has 1 aromatic carbocycles. The fourth-order valence-corrected chi connectivity index (χ4v) is 1.88. The normalized spacial score (nSPS) is 12.1. The molecule has 1 N–H and O–H groups in total. The third kappa shape index (κ3) is 3.36. The maximum absolute atomic E-state index is 13.1. The Balaban J connectivity index is 2.07. The van der Waals surface area contributed by atoms with Crippen LogP contribution >= 0.6 is 0 Å². The van der Waals surface area contributed by atoms with Crippen LogP contribution in [0.15, 0.2) is 42.7 Å². The molecule has 1 atom stereocenters. The number of nitro benzene ring substituents is 1. The van der Waals surface area contributed by atoms with Crippen molar-refractivity contribution in [2.24, 2.45) is 0 Å². The van der Waals surface area contributed by atoms with Gasteiger partial charge in [-0.1, -0.05) is 18.2 Å². The first kappa shape index (κ1) is 14.1. The second-order valence-corrected chi connectivity index (χ2v) is 4.42. The van der Waals surface area contributed by atoms with Crippen molar-refractivity contribution in [3.05, 3.63) is 69.8 Å². The van der Waals surface area contributed by atoms with Crippen LogP contribution in [0.2, 0.25) is 0 Å². The van der Waals surface area contributed by atoms with E-state index in [1.165, 1.54) is 12.1 Å². The number of aromatic nitrogens is 1. The number of nitrogens with one attached hydrogen (secondary N) is 1. The predicted octanol–water partition coefficient (Wildman–Crippen LogP) is 2.98. The lowest BCUT2D eigenvalue weighted by atomic mass is 10.1. The van der Waals surface area contributed by atoms with E-state index in [0.717, 1.165) is 6.20 Å². The fourth-order valence-electron chi connectivity index (χ4n) is 1.88. The van der Waals surface area contributed by atoms with E-state index < -0.39 is 10.7 Å². The predicted molar refractivity (Wildman–Crippen MR) is 72.5 cm³/mol. The zero-order chi connectivity index (χ0) is 14.5. The van der Waals surface area contributed by atoms with Crippen LogP contribution < -0.4 is 5.32 Å². The number of hydrogen-bond acceptors (Lipinski definition) is 4. The van der Waals surface area contributed by atoms with Crippen molar-refractivity contribution in [3.63, 3.8) is 0 Å². The Hall–Kier alpha value is -2.34. The molecule has 0 spiro atoms. The lowest BCUT2D eigenvalue weighted by molar-refractivity contribution is -0.385. The molecule has 1 heterocycles. The topological polar surface area (TPSA) is 68.1 Å². The van der Waals surface area contributed by atoms with Crippen molar-refractivity contribution < 1.29 is 9.31 Å². The summed E-state index contributed by atoms with van der Waals surface area (Å²) in [5, 5.41) is 14.0. The van der Waals surface area contributed by atoms with E-state index in [-0.39, 0.29) is 11.7 Å². The van der Waals surface area contributed by atoms with E-state index in [9.17, 15) is 14.5 Å². The van der Waals surface area contributed by atoms with E-state index >= 15 is 0 Å². The van der Waals surface area contributed by atoms with E-state index in [0.29, 0.717) is 17.7 Å². The van der Waals surface area contributed by atoms with Crippen molar-refractivity contribution >= 4 is 5.69 Å². The molecule has 20 heavy (non-hydrogen) atoms. The Bertz CT molecular complexity index is 619. The Kier molecular flexibility index (Phi) is 4.37. The second kappa shape index (κ2) is 6.21. The van der Waals surface area contributed by atoms with Gasteiger partial charge in [0, 0.05) is 30.4 Å². The zero-order valence-electron chi connectivity index (χ0n) is 10.9. The summed E-state index contributed by atoms with van der Waals surface area (Å²) in [6.45, 7) is 2.18. The van der Waals surface area contributed by atoms with Gasteiger partial charge in [0.05, 0.1) is 11.1 Å². The standard InChI is InChI=1S/C14H14FN3O2/c1-10(12-6-13(15)9-16-7-12)17-8-11-4-2-3-5-14(11)18(19)20/h2-7,9-10,17H,8H2,1H3. The fraction of sp³-hybridized carbons (Fsp3) is 0.214. The molecule has 0 saturated carbocycles. The molecule has 0 saturated heterocycles. The van der Waals surface area contributed by atoms with Gasteiger partial charge in [0.25, 0.3) is 5.69 Å². The van der Waals surface area contributed by atoms with Crippen molar-refractivity contribution in [2.45, 2.75) is 19.5 Å². The van der Waals surface area contributed by atoms with Crippen molar-refractivity contribution in [1.82, 2.24) is 10.3 Å². The molecule has 104 valence electrons. The summed E-state index contributed by atoms with van der Waals surface area (Å²) < 4.78 is 13.1. The summed E-state index contributed by atoms with van der Waals surface area (Å²) in [6, 6.07) is 7.77. The van der Waals surface area contributed by atoms with Crippen LogP contribution in [-0.2, 0) is 6.54 Å². The van der Waals surface area contributed by atoms with Crippen molar-refractivity contribution in [3.8, 4) is 0 Å². The molecule has 0 aliphatic rings. The molecule has 2 aromatic rings.